The van der Waals surface area contributed by atoms with Crippen LogP contribution in [0.3, 0.4) is 0 Å². The highest BCUT2D eigenvalue weighted by molar-refractivity contribution is 5.94. The maximum absolute atomic E-state index is 12.5. The number of carbonyl (C=O) groups is 2. The third kappa shape index (κ3) is 4.59. The number of likely N-dealkylation sites (tertiary alicyclic amines) is 1. The first-order chi connectivity index (χ1) is 12.1. The van der Waals surface area contributed by atoms with Gasteiger partial charge in [-0.15, -0.1) is 0 Å². The Labute approximate surface area is 146 Å². The zero-order chi connectivity index (χ0) is 17.6. The van der Waals surface area contributed by atoms with Gasteiger partial charge in [0.25, 0.3) is 5.91 Å². The van der Waals surface area contributed by atoms with E-state index in [1.54, 1.807) is 0 Å². The Morgan fingerprint density at radius 3 is 2.60 bits per heavy atom. The monoisotopic (exact) mass is 342 g/mol. The van der Waals surface area contributed by atoms with Crippen molar-refractivity contribution < 1.29 is 14.0 Å². The first-order valence-electron chi connectivity index (χ1n) is 8.39. The van der Waals surface area contributed by atoms with Gasteiger partial charge in [0.05, 0.1) is 12.2 Å². The lowest BCUT2D eigenvalue weighted by Gasteiger charge is -2.32. The predicted octanol–water partition coefficient (Wildman–Crippen LogP) is 2.09. The molecule has 1 saturated heterocycles. The molecular weight excluding hydrogens is 320 g/mol. The number of urea groups is 1. The number of carbonyl (C=O) groups excluding carboxylic acids is 2. The summed E-state index contributed by atoms with van der Waals surface area (Å²) < 4.78 is 4.85. The first kappa shape index (κ1) is 17.0. The average Bonchev–Trinajstić information content (AvgIpc) is 3.14. The minimum atomic E-state index is -0.230. The lowest BCUT2D eigenvalue weighted by Crippen LogP contribution is -2.49. The Kier molecular flexibility index (Phi) is 5.33. The van der Waals surface area contributed by atoms with Gasteiger partial charge in [-0.25, -0.2) is 9.78 Å². The third-order valence-corrected chi connectivity index (χ3v) is 4.33. The number of hydrogen-bond donors (Lipinski definition) is 2. The molecule has 0 spiro atoms. The van der Waals surface area contributed by atoms with Gasteiger partial charge in [0.15, 0.2) is 6.39 Å². The van der Waals surface area contributed by atoms with E-state index in [1.165, 1.54) is 12.7 Å². The summed E-state index contributed by atoms with van der Waals surface area (Å²) in [6.45, 7) is 3.61. The number of rotatable bonds is 4. The minimum Gasteiger partial charge on any atom is -0.451 e. The molecule has 25 heavy (non-hydrogen) atoms. The van der Waals surface area contributed by atoms with Crippen LogP contribution in [0.1, 0.15) is 34.5 Å². The lowest BCUT2D eigenvalue weighted by molar-refractivity contribution is 0.0708. The number of amides is 3. The van der Waals surface area contributed by atoms with Gasteiger partial charge in [-0.3, -0.25) is 4.79 Å². The molecular formula is C18H22N4O3. The Morgan fingerprint density at radius 1 is 1.24 bits per heavy atom. The summed E-state index contributed by atoms with van der Waals surface area (Å²) in [6, 6.07) is 7.45. The minimum absolute atomic E-state index is 0.0499. The van der Waals surface area contributed by atoms with Crippen molar-refractivity contribution in [3.05, 3.63) is 53.7 Å². The van der Waals surface area contributed by atoms with Crippen molar-refractivity contribution in [3.8, 4) is 0 Å². The van der Waals surface area contributed by atoms with Crippen molar-refractivity contribution in [2.75, 3.05) is 13.1 Å². The quantitative estimate of drug-likeness (QED) is 0.890. The highest BCUT2D eigenvalue weighted by Crippen LogP contribution is 2.14. The number of aromatic nitrogens is 1. The number of nitrogens with zero attached hydrogens (tertiary/aromatic N) is 2. The van der Waals surface area contributed by atoms with Gasteiger partial charge < -0.3 is 20.0 Å². The van der Waals surface area contributed by atoms with Crippen molar-refractivity contribution >= 4 is 11.9 Å². The zero-order valence-electron chi connectivity index (χ0n) is 14.2. The standard InChI is InChI=1S/C18H22N4O3/c1-13-2-4-14(5-3-13)17(23)22-8-6-15(7-9-22)21-18(24)19-10-16-11-25-12-20-16/h2-5,11-12,15H,6-10H2,1H3,(H2,19,21,24). The van der Waals surface area contributed by atoms with E-state index in [1.807, 2.05) is 36.1 Å². The van der Waals surface area contributed by atoms with E-state index < -0.39 is 0 Å². The molecule has 1 aliphatic heterocycles. The van der Waals surface area contributed by atoms with Gasteiger partial charge in [-0.05, 0) is 31.9 Å². The molecule has 132 valence electrons. The SMILES string of the molecule is Cc1ccc(C(=O)N2CCC(NC(=O)NCc3cocn3)CC2)cc1. The van der Waals surface area contributed by atoms with Crippen LogP contribution >= 0.6 is 0 Å². The van der Waals surface area contributed by atoms with Crippen LogP contribution in [0.4, 0.5) is 4.79 Å². The molecule has 2 aromatic rings. The maximum atomic E-state index is 12.5. The fourth-order valence-corrected chi connectivity index (χ4v) is 2.84. The van der Waals surface area contributed by atoms with Gasteiger partial charge >= 0.3 is 6.03 Å². The predicted molar refractivity (Wildman–Crippen MR) is 92.0 cm³/mol. The summed E-state index contributed by atoms with van der Waals surface area (Å²) in [4.78, 5) is 30.2. The van der Waals surface area contributed by atoms with Gasteiger partial charge in [0.2, 0.25) is 0 Å². The molecule has 7 heteroatoms. The number of oxazole rings is 1. The smallest absolute Gasteiger partial charge is 0.315 e. The summed E-state index contributed by atoms with van der Waals surface area (Å²) >= 11 is 0. The molecule has 2 heterocycles. The normalized spacial score (nSPS) is 15.0. The van der Waals surface area contributed by atoms with Crippen molar-refractivity contribution in [2.45, 2.75) is 32.4 Å². The van der Waals surface area contributed by atoms with E-state index in [2.05, 4.69) is 15.6 Å². The molecule has 1 aliphatic rings. The van der Waals surface area contributed by atoms with E-state index in [-0.39, 0.29) is 18.0 Å². The first-order valence-corrected chi connectivity index (χ1v) is 8.39. The highest BCUT2D eigenvalue weighted by atomic mass is 16.3. The summed E-state index contributed by atoms with van der Waals surface area (Å²) in [5.74, 6) is 0.0499. The molecule has 2 N–H and O–H groups in total. The molecule has 0 aliphatic carbocycles. The van der Waals surface area contributed by atoms with E-state index in [0.29, 0.717) is 30.9 Å². The number of aryl methyl sites for hydroxylation is 1. The zero-order valence-corrected chi connectivity index (χ0v) is 14.2. The molecule has 0 bridgehead atoms. The van der Waals surface area contributed by atoms with Crippen LogP contribution in [-0.2, 0) is 6.54 Å². The summed E-state index contributed by atoms with van der Waals surface area (Å²) in [7, 11) is 0. The topological polar surface area (TPSA) is 87.5 Å². The molecule has 0 unspecified atom stereocenters. The molecule has 1 aromatic heterocycles. The van der Waals surface area contributed by atoms with Crippen molar-refractivity contribution in [2.24, 2.45) is 0 Å². The molecule has 0 radical (unpaired) electrons. The Morgan fingerprint density at radius 2 is 1.96 bits per heavy atom. The largest absolute Gasteiger partial charge is 0.451 e. The summed E-state index contributed by atoms with van der Waals surface area (Å²) in [6.07, 6.45) is 4.31. The lowest BCUT2D eigenvalue weighted by atomic mass is 10.0. The maximum Gasteiger partial charge on any atom is 0.315 e. The van der Waals surface area contributed by atoms with Gasteiger partial charge in [-0.2, -0.15) is 0 Å². The fourth-order valence-electron chi connectivity index (χ4n) is 2.84. The fraction of sp³-hybridized carbons (Fsp3) is 0.389. The van der Waals surface area contributed by atoms with Crippen LogP contribution in [0.15, 0.2) is 41.3 Å². The second-order valence-corrected chi connectivity index (χ2v) is 6.24. The van der Waals surface area contributed by atoms with Crippen LogP contribution in [0, 0.1) is 6.92 Å². The molecule has 3 amide bonds. The third-order valence-electron chi connectivity index (χ3n) is 4.33. The van der Waals surface area contributed by atoms with E-state index in [4.69, 9.17) is 4.42 Å². The average molecular weight is 342 g/mol. The molecule has 0 atom stereocenters. The summed E-state index contributed by atoms with van der Waals surface area (Å²) in [5, 5.41) is 5.69. The van der Waals surface area contributed by atoms with E-state index in [0.717, 1.165) is 18.4 Å². The molecule has 0 saturated carbocycles. The second kappa shape index (κ2) is 7.83. The van der Waals surface area contributed by atoms with Crippen LogP contribution in [0.5, 0.6) is 0 Å². The van der Waals surface area contributed by atoms with Crippen molar-refractivity contribution in [3.63, 3.8) is 0 Å². The molecule has 1 aromatic carbocycles. The number of hydrogen-bond acceptors (Lipinski definition) is 4. The Balaban J connectivity index is 1.42. The van der Waals surface area contributed by atoms with Crippen molar-refractivity contribution in [1.82, 2.24) is 20.5 Å². The van der Waals surface area contributed by atoms with Crippen LogP contribution in [0.2, 0.25) is 0 Å². The Hall–Kier alpha value is -2.83. The van der Waals surface area contributed by atoms with Gasteiger partial charge in [0.1, 0.15) is 6.26 Å². The van der Waals surface area contributed by atoms with Crippen molar-refractivity contribution in [1.29, 1.82) is 0 Å². The number of piperidine rings is 1. The number of nitrogens with one attached hydrogen (secondary N) is 2. The van der Waals surface area contributed by atoms with Gasteiger partial charge in [-0.1, -0.05) is 17.7 Å². The number of benzene rings is 1. The van der Waals surface area contributed by atoms with E-state index >= 15 is 0 Å². The highest BCUT2D eigenvalue weighted by Gasteiger charge is 2.24. The second-order valence-electron chi connectivity index (χ2n) is 6.24. The summed E-state index contributed by atoms with van der Waals surface area (Å²) in [5.41, 5.74) is 2.52. The van der Waals surface area contributed by atoms with E-state index in [9.17, 15) is 9.59 Å². The van der Waals surface area contributed by atoms with Gasteiger partial charge in [0, 0.05) is 24.7 Å². The Bertz CT molecular complexity index is 704. The van der Waals surface area contributed by atoms with Crippen LogP contribution < -0.4 is 10.6 Å². The van der Waals surface area contributed by atoms with Crippen LogP contribution in [0.25, 0.3) is 0 Å². The molecule has 1 fully saturated rings. The van der Waals surface area contributed by atoms with Crippen LogP contribution in [-0.4, -0.2) is 41.0 Å². The molecule has 7 nitrogen and oxygen atoms in total. The molecule has 3 rings (SSSR count).